The highest BCUT2D eigenvalue weighted by molar-refractivity contribution is 5.89. The standard InChI is InChI=1S/C12H22N4O2/c1-4-10(8-17)14-12(18)15-11-5-13-16(7-11)6-9(2)3/h5,7,9-10,17H,4,6,8H2,1-3H3,(H2,14,15,18). The summed E-state index contributed by atoms with van der Waals surface area (Å²) < 4.78 is 1.80. The molecule has 1 rings (SSSR count). The Morgan fingerprint density at radius 2 is 2.28 bits per heavy atom. The van der Waals surface area contributed by atoms with Gasteiger partial charge in [-0.1, -0.05) is 20.8 Å². The van der Waals surface area contributed by atoms with Gasteiger partial charge in [-0.05, 0) is 12.3 Å². The third-order valence-electron chi connectivity index (χ3n) is 2.49. The van der Waals surface area contributed by atoms with Gasteiger partial charge in [0.1, 0.15) is 0 Å². The van der Waals surface area contributed by atoms with Crippen LogP contribution in [0.5, 0.6) is 0 Å². The topological polar surface area (TPSA) is 79.2 Å². The average Bonchev–Trinajstić information content (AvgIpc) is 2.72. The van der Waals surface area contributed by atoms with E-state index in [0.717, 1.165) is 6.54 Å². The van der Waals surface area contributed by atoms with Crippen molar-refractivity contribution in [2.24, 2.45) is 5.92 Å². The van der Waals surface area contributed by atoms with Gasteiger partial charge in [0.25, 0.3) is 0 Å². The van der Waals surface area contributed by atoms with Crippen molar-refractivity contribution in [1.29, 1.82) is 0 Å². The van der Waals surface area contributed by atoms with Crippen LogP contribution in [0.25, 0.3) is 0 Å². The summed E-state index contributed by atoms with van der Waals surface area (Å²) in [6.07, 6.45) is 4.10. The SMILES string of the molecule is CCC(CO)NC(=O)Nc1cnn(CC(C)C)c1. The van der Waals surface area contributed by atoms with Crippen LogP contribution in [0.2, 0.25) is 0 Å². The highest BCUT2D eigenvalue weighted by atomic mass is 16.3. The molecule has 3 N–H and O–H groups in total. The number of rotatable bonds is 6. The molecule has 0 aliphatic carbocycles. The average molecular weight is 254 g/mol. The van der Waals surface area contributed by atoms with Crippen LogP contribution in [0.15, 0.2) is 12.4 Å². The molecule has 0 saturated carbocycles. The minimum Gasteiger partial charge on any atom is -0.394 e. The fraction of sp³-hybridized carbons (Fsp3) is 0.667. The van der Waals surface area contributed by atoms with E-state index in [9.17, 15) is 4.79 Å². The lowest BCUT2D eigenvalue weighted by atomic mass is 10.2. The molecular formula is C12H22N4O2. The second-order valence-corrected chi connectivity index (χ2v) is 4.73. The molecule has 1 atom stereocenters. The summed E-state index contributed by atoms with van der Waals surface area (Å²) in [4.78, 5) is 11.6. The molecule has 0 radical (unpaired) electrons. The number of aliphatic hydroxyl groups excluding tert-OH is 1. The molecule has 0 aliphatic heterocycles. The maximum atomic E-state index is 11.6. The van der Waals surface area contributed by atoms with Gasteiger partial charge in [-0.15, -0.1) is 0 Å². The molecule has 102 valence electrons. The molecule has 6 nitrogen and oxygen atoms in total. The third kappa shape index (κ3) is 4.75. The number of hydrogen-bond acceptors (Lipinski definition) is 3. The first-order chi connectivity index (χ1) is 8.55. The molecule has 1 unspecified atom stereocenters. The number of carbonyl (C=O) groups is 1. The van der Waals surface area contributed by atoms with Crippen LogP contribution in [0, 0.1) is 5.92 Å². The number of hydrogen-bond donors (Lipinski definition) is 3. The van der Waals surface area contributed by atoms with Crippen molar-refractivity contribution in [3.8, 4) is 0 Å². The second-order valence-electron chi connectivity index (χ2n) is 4.73. The molecule has 0 aromatic carbocycles. The Morgan fingerprint density at radius 1 is 1.56 bits per heavy atom. The smallest absolute Gasteiger partial charge is 0.319 e. The summed E-state index contributed by atoms with van der Waals surface area (Å²) in [5, 5.41) is 18.5. The van der Waals surface area contributed by atoms with Gasteiger partial charge < -0.3 is 15.7 Å². The summed E-state index contributed by atoms with van der Waals surface area (Å²) >= 11 is 0. The lowest BCUT2D eigenvalue weighted by Gasteiger charge is -2.13. The number of aliphatic hydroxyl groups is 1. The lowest BCUT2D eigenvalue weighted by Crippen LogP contribution is -2.39. The van der Waals surface area contributed by atoms with Gasteiger partial charge in [0.15, 0.2) is 0 Å². The number of amides is 2. The molecule has 6 heteroatoms. The highest BCUT2D eigenvalue weighted by Gasteiger charge is 2.10. The predicted molar refractivity (Wildman–Crippen MR) is 70.4 cm³/mol. The molecule has 0 spiro atoms. The maximum Gasteiger partial charge on any atom is 0.319 e. The first-order valence-electron chi connectivity index (χ1n) is 6.26. The molecule has 1 aromatic heterocycles. The van der Waals surface area contributed by atoms with Gasteiger partial charge in [-0.25, -0.2) is 4.79 Å². The van der Waals surface area contributed by atoms with Gasteiger partial charge in [-0.2, -0.15) is 5.10 Å². The molecule has 0 fully saturated rings. The van der Waals surface area contributed by atoms with E-state index in [1.54, 1.807) is 17.1 Å². The van der Waals surface area contributed by atoms with E-state index in [1.165, 1.54) is 0 Å². The molecule has 18 heavy (non-hydrogen) atoms. The number of urea groups is 1. The Labute approximate surface area is 107 Å². The zero-order chi connectivity index (χ0) is 13.5. The van der Waals surface area contributed by atoms with Crippen LogP contribution in [0.1, 0.15) is 27.2 Å². The van der Waals surface area contributed by atoms with E-state index in [1.807, 2.05) is 6.92 Å². The monoisotopic (exact) mass is 254 g/mol. The molecule has 0 saturated heterocycles. The van der Waals surface area contributed by atoms with Crippen molar-refractivity contribution in [2.45, 2.75) is 39.8 Å². The second kappa shape index (κ2) is 7.00. The van der Waals surface area contributed by atoms with Crippen LogP contribution in [-0.4, -0.2) is 33.6 Å². The number of anilines is 1. The van der Waals surface area contributed by atoms with Gasteiger partial charge in [0.05, 0.1) is 24.5 Å². The number of nitrogens with one attached hydrogen (secondary N) is 2. The molecular weight excluding hydrogens is 232 g/mol. The Morgan fingerprint density at radius 3 is 2.83 bits per heavy atom. The molecule has 0 aliphatic rings. The molecule has 2 amide bonds. The fourth-order valence-corrected chi connectivity index (χ4v) is 1.53. The highest BCUT2D eigenvalue weighted by Crippen LogP contribution is 2.07. The molecule has 1 aromatic rings. The quantitative estimate of drug-likeness (QED) is 0.718. The van der Waals surface area contributed by atoms with E-state index in [2.05, 4.69) is 29.6 Å². The number of nitrogens with zero attached hydrogens (tertiary/aromatic N) is 2. The van der Waals surface area contributed by atoms with Crippen molar-refractivity contribution in [3.05, 3.63) is 12.4 Å². The third-order valence-corrected chi connectivity index (χ3v) is 2.49. The summed E-state index contributed by atoms with van der Waals surface area (Å²) in [5.41, 5.74) is 0.654. The Balaban J connectivity index is 2.46. The van der Waals surface area contributed by atoms with Crippen molar-refractivity contribution in [3.63, 3.8) is 0 Å². The maximum absolute atomic E-state index is 11.6. The first-order valence-corrected chi connectivity index (χ1v) is 6.26. The van der Waals surface area contributed by atoms with E-state index < -0.39 is 0 Å². The summed E-state index contributed by atoms with van der Waals surface area (Å²) in [6, 6.07) is -0.532. The Hall–Kier alpha value is -1.56. The van der Waals surface area contributed by atoms with Crippen LogP contribution < -0.4 is 10.6 Å². The zero-order valence-corrected chi connectivity index (χ0v) is 11.2. The summed E-state index contributed by atoms with van der Waals surface area (Å²) in [6.45, 7) is 6.87. The lowest BCUT2D eigenvalue weighted by molar-refractivity contribution is 0.222. The fourth-order valence-electron chi connectivity index (χ4n) is 1.53. The first kappa shape index (κ1) is 14.5. The van der Waals surface area contributed by atoms with Crippen molar-refractivity contribution in [2.75, 3.05) is 11.9 Å². The Bertz CT molecular complexity index is 372. The van der Waals surface area contributed by atoms with E-state index >= 15 is 0 Å². The molecule has 1 heterocycles. The van der Waals surface area contributed by atoms with Gasteiger partial charge >= 0.3 is 6.03 Å². The number of carbonyl (C=O) groups excluding carboxylic acids is 1. The predicted octanol–water partition coefficient (Wildman–Crippen LogP) is 1.43. The van der Waals surface area contributed by atoms with Gasteiger partial charge in [0.2, 0.25) is 0 Å². The number of aromatic nitrogens is 2. The van der Waals surface area contributed by atoms with E-state index in [0.29, 0.717) is 18.0 Å². The van der Waals surface area contributed by atoms with Gasteiger partial charge in [0, 0.05) is 12.7 Å². The van der Waals surface area contributed by atoms with Crippen molar-refractivity contribution >= 4 is 11.7 Å². The normalized spacial score (nSPS) is 12.5. The Kier molecular flexibility index (Phi) is 5.64. The van der Waals surface area contributed by atoms with Crippen molar-refractivity contribution < 1.29 is 9.90 Å². The zero-order valence-electron chi connectivity index (χ0n) is 11.2. The molecule has 0 bridgehead atoms. The summed E-state index contributed by atoms with van der Waals surface area (Å²) in [5.74, 6) is 0.505. The van der Waals surface area contributed by atoms with Crippen LogP contribution in [0.4, 0.5) is 10.5 Å². The minimum atomic E-state index is -0.319. The summed E-state index contributed by atoms with van der Waals surface area (Å²) in [7, 11) is 0. The van der Waals surface area contributed by atoms with Crippen LogP contribution in [-0.2, 0) is 6.54 Å². The van der Waals surface area contributed by atoms with Gasteiger partial charge in [-0.3, -0.25) is 4.68 Å². The van der Waals surface area contributed by atoms with E-state index in [4.69, 9.17) is 5.11 Å². The van der Waals surface area contributed by atoms with Crippen LogP contribution >= 0.6 is 0 Å². The van der Waals surface area contributed by atoms with E-state index in [-0.39, 0.29) is 18.7 Å². The largest absolute Gasteiger partial charge is 0.394 e. The van der Waals surface area contributed by atoms with Crippen molar-refractivity contribution in [1.82, 2.24) is 15.1 Å². The minimum absolute atomic E-state index is 0.0590. The van der Waals surface area contributed by atoms with Crippen LogP contribution in [0.3, 0.4) is 0 Å².